The van der Waals surface area contributed by atoms with E-state index < -0.39 is 0 Å². The van der Waals surface area contributed by atoms with Crippen LogP contribution in [0.3, 0.4) is 0 Å². The van der Waals surface area contributed by atoms with Gasteiger partial charge in [-0.3, -0.25) is 0 Å². The summed E-state index contributed by atoms with van der Waals surface area (Å²) in [5.74, 6) is 0. The van der Waals surface area contributed by atoms with Crippen LogP contribution < -0.4 is 0 Å². The minimum Gasteiger partial charge on any atom is -0.173 e. The molecule has 0 aliphatic carbocycles. The van der Waals surface area contributed by atoms with E-state index in [0.29, 0.717) is 0 Å². The fraction of sp³-hybridized carbons (Fsp3) is 0. The van der Waals surface area contributed by atoms with E-state index in [2.05, 4.69) is 32.4 Å². The summed E-state index contributed by atoms with van der Waals surface area (Å²) in [5, 5.41) is 0. The van der Waals surface area contributed by atoms with Gasteiger partial charge in [0.1, 0.15) is 5.70 Å². The minimum absolute atomic E-state index is 1.01. The van der Waals surface area contributed by atoms with E-state index in [9.17, 15) is 0 Å². The highest BCUT2D eigenvalue weighted by Crippen LogP contribution is 2.38. The lowest BCUT2D eigenvalue weighted by atomic mass is 10.1. The SMILES string of the molecule is c1ccc(C2=C(c3ccccc3)SN=S=N2)cc1. The summed E-state index contributed by atoms with van der Waals surface area (Å²) < 4.78 is 8.69. The lowest BCUT2D eigenvalue weighted by Crippen LogP contribution is -1.88. The van der Waals surface area contributed by atoms with Crippen LogP contribution in [0.1, 0.15) is 11.1 Å². The molecule has 2 aromatic carbocycles. The average molecular weight is 270 g/mol. The van der Waals surface area contributed by atoms with Gasteiger partial charge in [0.05, 0.1) is 16.3 Å². The summed E-state index contributed by atoms with van der Waals surface area (Å²) in [4.78, 5) is 1.11. The lowest BCUT2D eigenvalue weighted by Gasteiger charge is -2.10. The summed E-state index contributed by atoms with van der Waals surface area (Å²) in [6.45, 7) is 0. The van der Waals surface area contributed by atoms with Gasteiger partial charge in [0, 0.05) is 17.5 Å². The van der Waals surface area contributed by atoms with Gasteiger partial charge in [-0.1, -0.05) is 60.7 Å². The third kappa shape index (κ3) is 2.30. The van der Waals surface area contributed by atoms with Gasteiger partial charge < -0.3 is 0 Å². The average Bonchev–Trinajstić information content (AvgIpc) is 2.49. The van der Waals surface area contributed by atoms with Crippen LogP contribution in [0, 0.1) is 0 Å². The van der Waals surface area contributed by atoms with Crippen LogP contribution in [0.15, 0.2) is 68.8 Å². The zero-order valence-electron chi connectivity index (χ0n) is 9.48. The second-order valence-electron chi connectivity index (χ2n) is 3.75. The molecule has 0 spiro atoms. The van der Waals surface area contributed by atoms with Gasteiger partial charge in [-0.2, -0.15) is 4.36 Å². The highest BCUT2D eigenvalue weighted by molar-refractivity contribution is 8.09. The number of benzene rings is 2. The van der Waals surface area contributed by atoms with Crippen LogP contribution in [-0.4, -0.2) is 0 Å². The van der Waals surface area contributed by atoms with Crippen molar-refractivity contribution in [1.29, 1.82) is 0 Å². The minimum atomic E-state index is 1.01. The first-order valence-corrected chi connectivity index (χ1v) is 7.05. The molecule has 0 N–H and O–H groups in total. The third-order valence-corrected chi connectivity index (χ3v) is 4.03. The molecule has 0 saturated heterocycles. The van der Waals surface area contributed by atoms with E-state index >= 15 is 0 Å². The molecule has 3 rings (SSSR count). The summed E-state index contributed by atoms with van der Waals surface area (Å²) in [6.07, 6.45) is 0. The molecule has 0 aromatic heterocycles. The fourth-order valence-electron chi connectivity index (χ4n) is 1.75. The maximum atomic E-state index is 4.47. The van der Waals surface area contributed by atoms with E-state index in [4.69, 9.17) is 0 Å². The van der Waals surface area contributed by atoms with Gasteiger partial charge in [0.2, 0.25) is 0 Å². The Hall–Kier alpha value is -1.65. The Kier molecular flexibility index (Phi) is 3.39. The number of hydrogen-bond acceptors (Lipinski definition) is 3. The molecule has 0 bridgehead atoms. The summed E-state index contributed by atoms with van der Waals surface area (Å²) in [5.41, 5.74) is 3.30. The largest absolute Gasteiger partial charge is 0.173 e. The Morgan fingerprint density at radius 3 is 2.00 bits per heavy atom. The predicted octanol–water partition coefficient (Wildman–Crippen LogP) is 4.62. The second-order valence-corrected chi connectivity index (χ2v) is 5.28. The van der Waals surface area contributed by atoms with Crippen LogP contribution >= 0.6 is 11.9 Å². The van der Waals surface area contributed by atoms with Gasteiger partial charge >= 0.3 is 0 Å². The molecule has 0 saturated carbocycles. The van der Waals surface area contributed by atoms with Crippen LogP contribution in [0.2, 0.25) is 0 Å². The molecule has 0 fully saturated rings. The molecule has 0 atom stereocenters. The van der Waals surface area contributed by atoms with Crippen molar-refractivity contribution in [2.24, 2.45) is 8.13 Å². The van der Waals surface area contributed by atoms with Crippen molar-refractivity contribution in [2.45, 2.75) is 0 Å². The predicted molar refractivity (Wildman–Crippen MR) is 79.5 cm³/mol. The molecule has 0 amide bonds. The van der Waals surface area contributed by atoms with Crippen molar-refractivity contribution < 1.29 is 0 Å². The molecule has 1 heterocycles. The van der Waals surface area contributed by atoms with Crippen LogP contribution in [0.4, 0.5) is 0 Å². The normalized spacial score (nSPS) is 14.4. The molecular formula is C14H10N2S2. The molecule has 1 aliphatic heterocycles. The number of hydrogen-bond donors (Lipinski definition) is 0. The van der Waals surface area contributed by atoms with E-state index in [0.717, 1.165) is 21.7 Å². The first-order chi connectivity index (χ1) is 8.95. The summed E-state index contributed by atoms with van der Waals surface area (Å²) in [7, 11) is 0. The standard InChI is InChI=1S/C14H10N2S2/c1-3-7-11(8-4-1)13-14(17-16-18-15-13)12-9-5-2-6-10-12/h1-10H. The molecule has 2 aromatic rings. The van der Waals surface area contributed by atoms with Crippen molar-refractivity contribution in [3.63, 3.8) is 0 Å². The van der Waals surface area contributed by atoms with E-state index in [-0.39, 0.29) is 0 Å². The number of nitrogens with zero attached hydrogens (tertiary/aromatic N) is 2. The lowest BCUT2D eigenvalue weighted by molar-refractivity contribution is 1.53. The monoisotopic (exact) mass is 270 g/mol. The molecule has 0 radical (unpaired) electrons. The topological polar surface area (TPSA) is 24.7 Å². The summed E-state index contributed by atoms with van der Waals surface area (Å²) >= 11 is 2.74. The Labute approximate surface area is 114 Å². The maximum Gasteiger partial charge on any atom is 0.101 e. The van der Waals surface area contributed by atoms with Crippen molar-refractivity contribution in [3.05, 3.63) is 71.8 Å². The quantitative estimate of drug-likeness (QED) is 0.730. The van der Waals surface area contributed by atoms with E-state index in [1.165, 1.54) is 23.3 Å². The van der Waals surface area contributed by atoms with Crippen LogP contribution in [-0.2, 0) is 11.4 Å². The molecule has 0 unspecified atom stereocenters. The highest BCUT2D eigenvalue weighted by Gasteiger charge is 2.13. The second kappa shape index (κ2) is 5.33. The van der Waals surface area contributed by atoms with Crippen LogP contribution in [0.25, 0.3) is 10.6 Å². The number of rotatable bonds is 2. The smallest absolute Gasteiger partial charge is 0.101 e. The first-order valence-electron chi connectivity index (χ1n) is 5.55. The van der Waals surface area contributed by atoms with Crippen LogP contribution in [0.5, 0.6) is 0 Å². The van der Waals surface area contributed by atoms with Crippen molar-refractivity contribution in [3.8, 4) is 0 Å². The van der Waals surface area contributed by atoms with E-state index in [1.54, 1.807) is 0 Å². The maximum absolute atomic E-state index is 4.47. The first kappa shape index (κ1) is 11.4. The Bertz CT molecular complexity index is 642. The van der Waals surface area contributed by atoms with Crippen molar-refractivity contribution in [2.75, 3.05) is 0 Å². The molecule has 18 heavy (non-hydrogen) atoms. The third-order valence-electron chi connectivity index (χ3n) is 2.59. The highest BCUT2D eigenvalue weighted by atomic mass is 32.2. The Balaban J connectivity index is 2.16. The molecule has 4 heteroatoms. The van der Waals surface area contributed by atoms with Gasteiger partial charge in [-0.05, 0) is 5.56 Å². The van der Waals surface area contributed by atoms with E-state index in [1.807, 2.05) is 36.4 Å². The zero-order valence-corrected chi connectivity index (χ0v) is 11.1. The fourth-order valence-corrected chi connectivity index (χ4v) is 3.15. The summed E-state index contributed by atoms with van der Waals surface area (Å²) in [6, 6.07) is 20.5. The van der Waals surface area contributed by atoms with Crippen molar-refractivity contribution in [1.82, 2.24) is 0 Å². The van der Waals surface area contributed by atoms with Gasteiger partial charge in [0.15, 0.2) is 0 Å². The molecule has 1 aliphatic rings. The molecule has 2 nitrogen and oxygen atoms in total. The molecule has 88 valence electrons. The van der Waals surface area contributed by atoms with Crippen molar-refractivity contribution >= 4 is 33.9 Å². The zero-order chi connectivity index (χ0) is 12.2. The Morgan fingerprint density at radius 1 is 0.722 bits per heavy atom. The van der Waals surface area contributed by atoms with Gasteiger partial charge in [-0.25, -0.2) is 0 Å². The molecular weight excluding hydrogens is 260 g/mol. The van der Waals surface area contributed by atoms with Gasteiger partial charge in [-0.15, -0.1) is 3.77 Å². The Morgan fingerprint density at radius 2 is 1.33 bits per heavy atom. The van der Waals surface area contributed by atoms with Gasteiger partial charge in [0.25, 0.3) is 0 Å².